The van der Waals surface area contributed by atoms with Gasteiger partial charge in [-0.1, -0.05) is 12.1 Å². The summed E-state index contributed by atoms with van der Waals surface area (Å²) in [6.07, 6.45) is 4.01. The third-order valence-corrected chi connectivity index (χ3v) is 2.18. The lowest BCUT2D eigenvalue weighted by Crippen LogP contribution is -2.04. The Hall–Kier alpha value is -1.97. The fraction of sp³-hybridized carbons (Fsp3) is 0.0909. The van der Waals surface area contributed by atoms with Crippen LogP contribution in [0, 0.1) is 5.82 Å². The first kappa shape index (κ1) is 9.58. The van der Waals surface area contributed by atoms with Gasteiger partial charge < -0.3 is 9.78 Å². The van der Waals surface area contributed by atoms with Crippen molar-refractivity contribution in [1.82, 2.24) is 9.97 Å². The molecule has 1 aromatic heterocycles. The van der Waals surface area contributed by atoms with E-state index in [4.69, 9.17) is 0 Å². The van der Waals surface area contributed by atoms with E-state index in [9.17, 15) is 9.18 Å². The quantitative estimate of drug-likeness (QED) is 0.776. The molecule has 3 nitrogen and oxygen atoms in total. The molecule has 0 fully saturated rings. The Morgan fingerprint density at radius 3 is 2.60 bits per heavy atom. The van der Waals surface area contributed by atoms with E-state index in [2.05, 4.69) is 9.97 Å². The molecule has 0 amide bonds. The van der Waals surface area contributed by atoms with Crippen LogP contribution in [0.5, 0.6) is 0 Å². The fourth-order valence-corrected chi connectivity index (χ4v) is 1.42. The Morgan fingerprint density at radius 2 is 2.07 bits per heavy atom. The molecule has 0 saturated carbocycles. The summed E-state index contributed by atoms with van der Waals surface area (Å²) in [5.74, 6) is -0.208. The van der Waals surface area contributed by atoms with Crippen LogP contribution in [0.4, 0.5) is 4.39 Å². The molecule has 0 radical (unpaired) electrons. The number of imidazole rings is 1. The molecule has 76 valence electrons. The summed E-state index contributed by atoms with van der Waals surface area (Å²) in [5, 5.41) is 0. The standard InChI is InChI=1S/C11H9FN2O/c12-9-3-1-8(2-4-9)10(7-15)11-13-5-6-14-11/h1-7,10H,(H,13,14). The van der Waals surface area contributed by atoms with Crippen LogP contribution < -0.4 is 0 Å². The molecule has 0 spiro atoms. The van der Waals surface area contributed by atoms with E-state index in [0.29, 0.717) is 5.82 Å². The zero-order chi connectivity index (χ0) is 10.7. The Morgan fingerprint density at radius 1 is 1.33 bits per heavy atom. The topological polar surface area (TPSA) is 45.8 Å². The molecule has 1 N–H and O–H groups in total. The minimum absolute atomic E-state index is 0.317. The maximum Gasteiger partial charge on any atom is 0.135 e. The summed E-state index contributed by atoms with van der Waals surface area (Å²) >= 11 is 0. The smallest absolute Gasteiger partial charge is 0.135 e. The summed E-state index contributed by atoms with van der Waals surface area (Å²) in [6, 6.07) is 5.82. The maximum absolute atomic E-state index is 12.7. The van der Waals surface area contributed by atoms with Gasteiger partial charge in [-0.3, -0.25) is 0 Å². The zero-order valence-corrected chi connectivity index (χ0v) is 7.85. The second kappa shape index (κ2) is 4.04. The van der Waals surface area contributed by atoms with Crippen LogP contribution in [0.25, 0.3) is 0 Å². The third-order valence-electron chi connectivity index (χ3n) is 2.18. The van der Waals surface area contributed by atoms with Gasteiger partial charge in [-0.25, -0.2) is 9.37 Å². The minimum Gasteiger partial charge on any atom is -0.348 e. The monoisotopic (exact) mass is 204 g/mol. The summed E-state index contributed by atoms with van der Waals surface area (Å²) in [7, 11) is 0. The second-order valence-corrected chi connectivity index (χ2v) is 3.14. The molecule has 0 aliphatic heterocycles. The maximum atomic E-state index is 12.7. The van der Waals surface area contributed by atoms with Gasteiger partial charge in [-0.15, -0.1) is 0 Å². The Balaban J connectivity index is 2.35. The number of aromatic nitrogens is 2. The molecule has 0 saturated heterocycles. The molecule has 15 heavy (non-hydrogen) atoms. The van der Waals surface area contributed by atoms with Crippen molar-refractivity contribution in [3.05, 3.63) is 53.9 Å². The predicted molar refractivity (Wildman–Crippen MR) is 52.9 cm³/mol. The van der Waals surface area contributed by atoms with Crippen LogP contribution in [-0.2, 0) is 4.79 Å². The molecule has 2 aromatic rings. The number of benzene rings is 1. The molecule has 0 aliphatic carbocycles. The van der Waals surface area contributed by atoms with Crippen LogP contribution >= 0.6 is 0 Å². The van der Waals surface area contributed by atoms with E-state index < -0.39 is 5.92 Å². The van der Waals surface area contributed by atoms with Gasteiger partial charge in [0.1, 0.15) is 17.9 Å². The highest BCUT2D eigenvalue weighted by Crippen LogP contribution is 2.19. The number of carbonyl (C=O) groups excluding carboxylic acids is 1. The number of aldehydes is 1. The van der Waals surface area contributed by atoms with Crippen molar-refractivity contribution >= 4 is 6.29 Å². The molecule has 1 unspecified atom stereocenters. The molecule has 2 rings (SSSR count). The average Bonchev–Trinajstić information content (AvgIpc) is 2.75. The van der Waals surface area contributed by atoms with Crippen LogP contribution in [-0.4, -0.2) is 16.3 Å². The number of nitrogens with one attached hydrogen (secondary N) is 1. The first-order chi connectivity index (χ1) is 7.31. The third kappa shape index (κ3) is 1.93. The molecule has 0 aliphatic rings. The van der Waals surface area contributed by atoms with Crippen molar-refractivity contribution in [2.45, 2.75) is 5.92 Å². The first-order valence-electron chi connectivity index (χ1n) is 4.51. The number of H-pyrrole nitrogens is 1. The van der Waals surface area contributed by atoms with Gasteiger partial charge in [0.05, 0.1) is 5.92 Å². The van der Waals surface area contributed by atoms with E-state index in [0.717, 1.165) is 11.8 Å². The van der Waals surface area contributed by atoms with Crippen LogP contribution in [0.15, 0.2) is 36.7 Å². The van der Waals surface area contributed by atoms with Crippen molar-refractivity contribution in [1.29, 1.82) is 0 Å². The minimum atomic E-state index is -0.458. The molecular formula is C11H9FN2O. The van der Waals surface area contributed by atoms with Gasteiger partial charge in [0.2, 0.25) is 0 Å². The average molecular weight is 204 g/mol. The van der Waals surface area contributed by atoms with Gasteiger partial charge in [0, 0.05) is 12.4 Å². The van der Waals surface area contributed by atoms with E-state index in [1.165, 1.54) is 12.1 Å². The van der Waals surface area contributed by atoms with E-state index >= 15 is 0 Å². The van der Waals surface area contributed by atoms with Gasteiger partial charge in [-0.2, -0.15) is 0 Å². The second-order valence-electron chi connectivity index (χ2n) is 3.14. The number of aromatic amines is 1. The highest BCUT2D eigenvalue weighted by Gasteiger charge is 2.14. The molecule has 0 bridgehead atoms. The lowest BCUT2D eigenvalue weighted by atomic mass is 10.0. The number of halogens is 1. The van der Waals surface area contributed by atoms with Crippen LogP contribution in [0.1, 0.15) is 17.3 Å². The fourth-order valence-electron chi connectivity index (χ4n) is 1.42. The normalized spacial score (nSPS) is 12.3. The van der Waals surface area contributed by atoms with Gasteiger partial charge in [-0.05, 0) is 17.7 Å². The van der Waals surface area contributed by atoms with Crippen molar-refractivity contribution in [3.8, 4) is 0 Å². The highest BCUT2D eigenvalue weighted by atomic mass is 19.1. The van der Waals surface area contributed by atoms with Crippen molar-refractivity contribution in [3.63, 3.8) is 0 Å². The van der Waals surface area contributed by atoms with Crippen molar-refractivity contribution < 1.29 is 9.18 Å². The largest absolute Gasteiger partial charge is 0.348 e. The lowest BCUT2D eigenvalue weighted by Gasteiger charge is -2.06. The first-order valence-corrected chi connectivity index (χ1v) is 4.51. The van der Waals surface area contributed by atoms with E-state index in [1.54, 1.807) is 24.5 Å². The number of hydrogen-bond acceptors (Lipinski definition) is 2. The number of nitrogens with zero attached hydrogens (tertiary/aromatic N) is 1. The van der Waals surface area contributed by atoms with Gasteiger partial charge in [0.15, 0.2) is 0 Å². The summed E-state index contributed by atoms with van der Waals surface area (Å²) in [4.78, 5) is 17.8. The number of hydrogen-bond donors (Lipinski definition) is 1. The number of carbonyl (C=O) groups is 1. The molecular weight excluding hydrogens is 195 g/mol. The molecule has 1 aromatic carbocycles. The van der Waals surface area contributed by atoms with Crippen molar-refractivity contribution in [2.24, 2.45) is 0 Å². The van der Waals surface area contributed by atoms with Crippen LogP contribution in [0.3, 0.4) is 0 Å². The Bertz CT molecular complexity index is 436. The van der Waals surface area contributed by atoms with Crippen molar-refractivity contribution in [2.75, 3.05) is 0 Å². The molecule has 1 atom stereocenters. The zero-order valence-electron chi connectivity index (χ0n) is 7.85. The molecule has 1 heterocycles. The SMILES string of the molecule is O=CC(c1ccc(F)cc1)c1ncc[nH]1. The van der Waals surface area contributed by atoms with Crippen LogP contribution in [0.2, 0.25) is 0 Å². The Kier molecular flexibility index (Phi) is 2.58. The van der Waals surface area contributed by atoms with Gasteiger partial charge >= 0.3 is 0 Å². The summed E-state index contributed by atoms with van der Waals surface area (Å²) in [5.41, 5.74) is 0.723. The number of rotatable bonds is 3. The van der Waals surface area contributed by atoms with Gasteiger partial charge in [0.25, 0.3) is 0 Å². The summed E-state index contributed by atoms with van der Waals surface area (Å²) < 4.78 is 12.7. The highest BCUT2D eigenvalue weighted by molar-refractivity contribution is 5.66. The molecule has 4 heteroatoms. The Labute approximate surface area is 86.0 Å². The lowest BCUT2D eigenvalue weighted by molar-refractivity contribution is -0.108. The van der Waals surface area contributed by atoms with E-state index in [-0.39, 0.29) is 5.82 Å². The van der Waals surface area contributed by atoms with E-state index in [1.807, 2.05) is 0 Å². The predicted octanol–water partition coefficient (Wildman–Crippen LogP) is 1.88. The summed E-state index contributed by atoms with van der Waals surface area (Å²) in [6.45, 7) is 0.